The maximum atomic E-state index is 9.91. The Morgan fingerprint density at radius 3 is 2.56 bits per heavy atom. The van der Waals surface area contributed by atoms with Crippen LogP contribution in [-0.2, 0) is 9.47 Å². The summed E-state index contributed by atoms with van der Waals surface area (Å²) in [6.45, 7) is 1.40. The van der Waals surface area contributed by atoms with E-state index in [2.05, 4.69) is 0 Å². The van der Waals surface area contributed by atoms with Crippen molar-refractivity contribution in [1.29, 1.82) is 0 Å². The van der Waals surface area contributed by atoms with Crippen molar-refractivity contribution in [3.05, 3.63) is 35.9 Å². The average Bonchev–Trinajstić information content (AvgIpc) is 2.83. The van der Waals surface area contributed by atoms with Crippen LogP contribution in [0.25, 0.3) is 0 Å². The molecule has 1 unspecified atom stereocenters. The summed E-state index contributed by atoms with van der Waals surface area (Å²) in [5.41, 5.74) is 0.982. The Morgan fingerprint density at radius 1 is 1.19 bits per heavy atom. The van der Waals surface area contributed by atoms with Gasteiger partial charge in [-0.25, -0.2) is 0 Å². The van der Waals surface area contributed by atoms with Gasteiger partial charge in [0.05, 0.1) is 19.3 Å². The van der Waals surface area contributed by atoms with Crippen molar-refractivity contribution in [1.82, 2.24) is 0 Å². The lowest BCUT2D eigenvalue weighted by atomic mass is 10.0. The number of aliphatic hydroxyl groups is 1. The van der Waals surface area contributed by atoms with E-state index in [1.807, 2.05) is 30.3 Å². The summed E-state index contributed by atoms with van der Waals surface area (Å²) in [6.07, 6.45) is 2.11. The summed E-state index contributed by atoms with van der Waals surface area (Å²) in [7, 11) is 0. The van der Waals surface area contributed by atoms with Gasteiger partial charge in [-0.3, -0.25) is 0 Å². The van der Waals surface area contributed by atoms with E-state index in [1.54, 1.807) is 0 Å². The first kappa shape index (κ1) is 11.6. The van der Waals surface area contributed by atoms with E-state index in [4.69, 9.17) is 9.47 Å². The molecule has 0 spiro atoms. The Balaban J connectivity index is 1.69. The van der Waals surface area contributed by atoms with Gasteiger partial charge >= 0.3 is 0 Å². The highest BCUT2D eigenvalue weighted by Gasteiger charge is 2.16. The zero-order valence-electron chi connectivity index (χ0n) is 9.34. The predicted molar refractivity (Wildman–Crippen MR) is 60.9 cm³/mol. The van der Waals surface area contributed by atoms with Crippen LogP contribution in [0.2, 0.25) is 0 Å². The number of rotatable bonds is 5. The van der Waals surface area contributed by atoms with E-state index >= 15 is 0 Å². The number of ether oxygens (including phenoxy) is 2. The standard InChI is InChI=1S/C13H18O3/c14-12(11-5-2-1-3-6-11)7-4-8-13-15-9-10-16-13/h1-3,5-6,12-14H,4,7-10H2. The number of hydrogen-bond acceptors (Lipinski definition) is 3. The third-order valence-electron chi connectivity index (χ3n) is 2.79. The first-order valence-corrected chi connectivity index (χ1v) is 5.82. The summed E-state index contributed by atoms with van der Waals surface area (Å²) in [6, 6.07) is 9.75. The summed E-state index contributed by atoms with van der Waals surface area (Å²) >= 11 is 0. The highest BCUT2D eigenvalue weighted by molar-refractivity contribution is 5.16. The molecular weight excluding hydrogens is 204 g/mol. The third-order valence-corrected chi connectivity index (χ3v) is 2.79. The van der Waals surface area contributed by atoms with Crippen molar-refractivity contribution in [3.63, 3.8) is 0 Å². The molecule has 1 aliphatic heterocycles. The minimum absolute atomic E-state index is 0.0528. The second kappa shape index (κ2) is 5.99. The summed E-state index contributed by atoms with van der Waals surface area (Å²) in [4.78, 5) is 0. The van der Waals surface area contributed by atoms with Gasteiger partial charge in [-0.05, 0) is 24.8 Å². The monoisotopic (exact) mass is 222 g/mol. The molecule has 0 aliphatic carbocycles. The number of aliphatic hydroxyl groups excluding tert-OH is 1. The van der Waals surface area contributed by atoms with Crippen molar-refractivity contribution in [2.24, 2.45) is 0 Å². The molecule has 2 rings (SSSR count). The van der Waals surface area contributed by atoms with E-state index in [0.717, 1.165) is 24.8 Å². The molecule has 16 heavy (non-hydrogen) atoms. The molecule has 3 heteroatoms. The molecule has 1 N–H and O–H groups in total. The molecule has 1 saturated heterocycles. The van der Waals surface area contributed by atoms with Crippen molar-refractivity contribution < 1.29 is 14.6 Å². The molecule has 0 saturated carbocycles. The molecular formula is C13H18O3. The molecule has 1 aromatic rings. The highest BCUT2D eigenvalue weighted by Crippen LogP contribution is 2.20. The molecule has 0 radical (unpaired) electrons. The van der Waals surface area contributed by atoms with Crippen molar-refractivity contribution >= 4 is 0 Å². The van der Waals surface area contributed by atoms with Gasteiger partial charge in [-0.1, -0.05) is 30.3 Å². The van der Waals surface area contributed by atoms with Crippen molar-refractivity contribution in [2.45, 2.75) is 31.7 Å². The van der Waals surface area contributed by atoms with Crippen LogP contribution < -0.4 is 0 Å². The van der Waals surface area contributed by atoms with Crippen LogP contribution >= 0.6 is 0 Å². The highest BCUT2D eigenvalue weighted by atomic mass is 16.7. The topological polar surface area (TPSA) is 38.7 Å². The average molecular weight is 222 g/mol. The summed E-state index contributed by atoms with van der Waals surface area (Å²) in [5, 5.41) is 9.91. The van der Waals surface area contributed by atoms with Gasteiger partial charge in [0.1, 0.15) is 0 Å². The molecule has 0 aromatic heterocycles. The lowest BCUT2D eigenvalue weighted by Gasteiger charge is -2.12. The van der Waals surface area contributed by atoms with E-state index in [9.17, 15) is 5.11 Å². The Hall–Kier alpha value is -0.900. The quantitative estimate of drug-likeness (QED) is 0.830. The molecule has 1 aromatic carbocycles. The van der Waals surface area contributed by atoms with Gasteiger partial charge in [0.2, 0.25) is 0 Å². The predicted octanol–water partition coefficient (Wildman–Crippen LogP) is 2.26. The van der Waals surface area contributed by atoms with Crippen LogP contribution in [0.5, 0.6) is 0 Å². The molecule has 88 valence electrons. The van der Waals surface area contributed by atoms with Crippen LogP contribution in [0.3, 0.4) is 0 Å². The van der Waals surface area contributed by atoms with E-state index in [-0.39, 0.29) is 12.4 Å². The fourth-order valence-electron chi connectivity index (χ4n) is 1.89. The minimum atomic E-state index is -0.373. The number of benzene rings is 1. The molecule has 1 aliphatic rings. The zero-order chi connectivity index (χ0) is 11.2. The van der Waals surface area contributed by atoms with Gasteiger partial charge in [0.15, 0.2) is 6.29 Å². The van der Waals surface area contributed by atoms with Crippen molar-refractivity contribution in [3.8, 4) is 0 Å². The van der Waals surface area contributed by atoms with E-state index in [1.165, 1.54) is 0 Å². The van der Waals surface area contributed by atoms with E-state index in [0.29, 0.717) is 13.2 Å². The van der Waals surface area contributed by atoms with Gasteiger partial charge < -0.3 is 14.6 Å². The normalized spacial score (nSPS) is 18.8. The molecule has 0 amide bonds. The molecule has 0 bridgehead atoms. The maximum Gasteiger partial charge on any atom is 0.157 e. The number of hydrogen-bond donors (Lipinski definition) is 1. The first-order chi connectivity index (χ1) is 7.86. The van der Waals surface area contributed by atoms with Gasteiger partial charge in [0.25, 0.3) is 0 Å². The zero-order valence-corrected chi connectivity index (χ0v) is 9.34. The second-order valence-electron chi connectivity index (χ2n) is 4.03. The Labute approximate surface area is 96.0 Å². The summed E-state index contributed by atoms with van der Waals surface area (Å²) in [5.74, 6) is 0. The fraction of sp³-hybridized carbons (Fsp3) is 0.538. The Bertz CT molecular complexity index is 293. The molecule has 1 heterocycles. The van der Waals surface area contributed by atoms with Crippen molar-refractivity contribution in [2.75, 3.05) is 13.2 Å². The van der Waals surface area contributed by atoms with E-state index < -0.39 is 0 Å². The first-order valence-electron chi connectivity index (χ1n) is 5.82. The van der Waals surface area contributed by atoms with Crippen LogP contribution in [0.1, 0.15) is 30.9 Å². The van der Waals surface area contributed by atoms with Crippen LogP contribution in [0.15, 0.2) is 30.3 Å². The lowest BCUT2D eigenvalue weighted by molar-refractivity contribution is -0.0494. The van der Waals surface area contributed by atoms with Gasteiger partial charge in [-0.15, -0.1) is 0 Å². The summed E-state index contributed by atoms with van der Waals surface area (Å²) < 4.78 is 10.7. The molecule has 1 atom stereocenters. The second-order valence-corrected chi connectivity index (χ2v) is 4.03. The largest absolute Gasteiger partial charge is 0.388 e. The Kier molecular flexibility index (Phi) is 4.34. The minimum Gasteiger partial charge on any atom is -0.388 e. The molecule has 1 fully saturated rings. The molecule has 3 nitrogen and oxygen atoms in total. The SMILES string of the molecule is OC(CCCC1OCCO1)c1ccccc1. The smallest absolute Gasteiger partial charge is 0.157 e. The van der Waals surface area contributed by atoms with Gasteiger partial charge in [0, 0.05) is 0 Å². The van der Waals surface area contributed by atoms with Crippen LogP contribution in [-0.4, -0.2) is 24.6 Å². The van der Waals surface area contributed by atoms with Gasteiger partial charge in [-0.2, -0.15) is 0 Å². The third kappa shape index (κ3) is 3.30. The lowest BCUT2D eigenvalue weighted by Crippen LogP contribution is -2.08. The van der Waals surface area contributed by atoms with Crippen LogP contribution in [0, 0.1) is 0 Å². The fourth-order valence-corrected chi connectivity index (χ4v) is 1.89. The maximum absolute atomic E-state index is 9.91. The Morgan fingerprint density at radius 2 is 1.88 bits per heavy atom. The van der Waals surface area contributed by atoms with Crippen LogP contribution in [0.4, 0.5) is 0 Å².